The number of methoxy groups -OCH3 is 2. The van der Waals surface area contributed by atoms with Crippen LogP contribution in [0.15, 0.2) is 36.4 Å². The van der Waals surface area contributed by atoms with Gasteiger partial charge in [-0.3, -0.25) is 29.8 Å². The molecule has 12 heteroatoms. The molecule has 162 valence electrons. The van der Waals surface area contributed by atoms with Crippen molar-refractivity contribution in [2.75, 3.05) is 31.0 Å². The van der Waals surface area contributed by atoms with E-state index in [1.807, 2.05) is 0 Å². The number of carbonyl (C=O) groups excluding carboxylic acids is 2. The number of hydrogen-bond donors (Lipinski definition) is 1. The minimum Gasteiger partial charge on any atom is -0.497 e. The number of hydrogen-bond acceptors (Lipinski definition) is 8. The van der Waals surface area contributed by atoms with Gasteiger partial charge in [-0.05, 0) is 12.1 Å². The molecule has 0 spiro atoms. The summed E-state index contributed by atoms with van der Waals surface area (Å²) in [5, 5.41) is 24.7. The van der Waals surface area contributed by atoms with Crippen molar-refractivity contribution >= 4 is 34.6 Å². The van der Waals surface area contributed by atoms with Gasteiger partial charge in [-0.15, -0.1) is 0 Å². The minimum absolute atomic E-state index is 0.0173. The fraction of sp³-hybridized carbons (Fsp3) is 0.263. The van der Waals surface area contributed by atoms with E-state index in [-0.39, 0.29) is 41.7 Å². The van der Waals surface area contributed by atoms with E-state index in [2.05, 4.69) is 5.32 Å². The first-order valence-corrected chi connectivity index (χ1v) is 9.01. The summed E-state index contributed by atoms with van der Waals surface area (Å²) in [6.07, 6.45) is -0.135. The predicted molar refractivity (Wildman–Crippen MR) is 108 cm³/mol. The molecule has 2 aromatic carbocycles. The lowest BCUT2D eigenvalue weighted by molar-refractivity contribution is -0.384. The Morgan fingerprint density at radius 3 is 2.45 bits per heavy atom. The van der Waals surface area contributed by atoms with Crippen molar-refractivity contribution in [1.29, 1.82) is 0 Å². The lowest BCUT2D eigenvalue weighted by Gasteiger charge is -2.19. The Morgan fingerprint density at radius 1 is 1.10 bits per heavy atom. The largest absolute Gasteiger partial charge is 0.497 e. The number of amides is 2. The minimum atomic E-state index is -0.793. The number of ether oxygens (including phenoxy) is 2. The highest BCUT2D eigenvalue weighted by Gasteiger charge is 2.37. The lowest BCUT2D eigenvalue weighted by Crippen LogP contribution is -2.28. The van der Waals surface area contributed by atoms with Crippen molar-refractivity contribution in [1.82, 2.24) is 0 Å². The first-order valence-electron chi connectivity index (χ1n) is 9.01. The molecule has 2 amide bonds. The molecule has 1 saturated heterocycles. The molecule has 1 heterocycles. The number of non-ortho nitro benzene ring substituents is 1. The summed E-state index contributed by atoms with van der Waals surface area (Å²) >= 11 is 0. The third kappa shape index (κ3) is 4.37. The van der Waals surface area contributed by atoms with Crippen LogP contribution in [0.4, 0.5) is 22.7 Å². The second-order valence-electron chi connectivity index (χ2n) is 6.65. The van der Waals surface area contributed by atoms with Crippen LogP contribution in [0.3, 0.4) is 0 Å². The first kappa shape index (κ1) is 21.5. The van der Waals surface area contributed by atoms with E-state index in [9.17, 15) is 29.8 Å². The normalized spacial score (nSPS) is 15.5. The second kappa shape index (κ2) is 8.65. The standard InChI is InChI=1S/C19H18N4O8/c1-30-13-4-6-15(23(28)29)14(9-13)20-19(25)11-7-18(24)21(10-11)16-5-3-12(22(26)27)8-17(16)31-2/h3-6,8-9,11H,7,10H2,1-2H3,(H,20,25)/t11-/m1/s1. The predicted octanol–water partition coefficient (Wildman–Crippen LogP) is 2.51. The smallest absolute Gasteiger partial charge is 0.293 e. The summed E-state index contributed by atoms with van der Waals surface area (Å²) in [5.74, 6) is -1.31. The monoisotopic (exact) mass is 430 g/mol. The van der Waals surface area contributed by atoms with Gasteiger partial charge in [0.2, 0.25) is 11.8 Å². The number of benzene rings is 2. The summed E-state index contributed by atoms with van der Waals surface area (Å²) in [5.41, 5.74) is -0.270. The van der Waals surface area contributed by atoms with Crippen molar-refractivity contribution in [3.8, 4) is 11.5 Å². The Balaban J connectivity index is 1.82. The molecule has 0 bridgehead atoms. The van der Waals surface area contributed by atoms with Crippen molar-refractivity contribution in [3.05, 3.63) is 56.6 Å². The van der Waals surface area contributed by atoms with E-state index in [0.717, 1.165) is 0 Å². The van der Waals surface area contributed by atoms with Crippen LogP contribution in [0.2, 0.25) is 0 Å². The van der Waals surface area contributed by atoms with Crippen LogP contribution in [0, 0.1) is 26.1 Å². The second-order valence-corrected chi connectivity index (χ2v) is 6.65. The molecule has 0 aliphatic carbocycles. The molecule has 0 aromatic heterocycles. The number of nitrogens with zero attached hydrogens (tertiary/aromatic N) is 3. The van der Waals surface area contributed by atoms with Crippen molar-refractivity contribution in [2.24, 2.45) is 5.92 Å². The lowest BCUT2D eigenvalue weighted by atomic mass is 10.1. The van der Waals surface area contributed by atoms with E-state index in [1.165, 1.54) is 55.5 Å². The number of nitro groups is 2. The fourth-order valence-electron chi connectivity index (χ4n) is 3.26. The van der Waals surface area contributed by atoms with Crippen LogP contribution in [0.5, 0.6) is 11.5 Å². The molecule has 12 nitrogen and oxygen atoms in total. The SMILES string of the molecule is COc1ccc([N+](=O)[O-])c(NC(=O)[C@@H]2CC(=O)N(c3ccc([N+](=O)[O-])cc3OC)C2)c1. The highest BCUT2D eigenvalue weighted by molar-refractivity contribution is 6.04. The molecule has 1 fully saturated rings. The van der Waals surface area contributed by atoms with Gasteiger partial charge < -0.3 is 19.7 Å². The molecule has 1 N–H and O–H groups in total. The van der Waals surface area contributed by atoms with E-state index < -0.39 is 21.7 Å². The number of carbonyl (C=O) groups is 2. The fourth-order valence-corrected chi connectivity index (χ4v) is 3.26. The molecule has 31 heavy (non-hydrogen) atoms. The highest BCUT2D eigenvalue weighted by atomic mass is 16.6. The number of rotatable bonds is 7. The summed E-state index contributed by atoms with van der Waals surface area (Å²) in [6, 6.07) is 7.73. The maximum Gasteiger partial charge on any atom is 0.293 e. The van der Waals surface area contributed by atoms with Crippen molar-refractivity contribution in [3.63, 3.8) is 0 Å². The average molecular weight is 430 g/mol. The zero-order valence-corrected chi connectivity index (χ0v) is 16.6. The van der Waals surface area contributed by atoms with Gasteiger partial charge in [0.05, 0.1) is 41.7 Å². The third-order valence-electron chi connectivity index (χ3n) is 4.82. The Hall–Kier alpha value is -4.22. The van der Waals surface area contributed by atoms with Crippen LogP contribution in [0.1, 0.15) is 6.42 Å². The summed E-state index contributed by atoms with van der Waals surface area (Å²) in [4.78, 5) is 47.6. The maximum absolute atomic E-state index is 12.7. The van der Waals surface area contributed by atoms with Gasteiger partial charge in [0.25, 0.3) is 11.4 Å². The average Bonchev–Trinajstić information content (AvgIpc) is 3.14. The van der Waals surface area contributed by atoms with Gasteiger partial charge in [-0.2, -0.15) is 0 Å². The molecule has 1 aliphatic heterocycles. The zero-order valence-electron chi connectivity index (χ0n) is 16.6. The van der Waals surface area contributed by atoms with E-state index in [4.69, 9.17) is 9.47 Å². The summed E-state index contributed by atoms with van der Waals surface area (Å²) < 4.78 is 10.2. The van der Waals surface area contributed by atoms with Gasteiger partial charge in [-0.1, -0.05) is 0 Å². The Kier molecular flexibility index (Phi) is 6.00. The molecular formula is C19H18N4O8. The van der Waals surface area contributed by atoms with E-state index in [1.54, 1.807) is 0 Å². The Bertz CT molecular complexity index is 1070. The Labute approximate surface area is 175 Å². The van der Waals surface area contributed by atoms with Crippen LogP contribution >= 0.6 is 0 Å². The van der Waals surface area contributed by atoms with E-state index in [0.29, 0.717) is 11.4 Å². The van der Waals surface area contributed by atoms with Crippen LogP contribution in [-0.4, -0.2) is 42.4 Å². The number of anilines is 2. The summed E-state index contributed by atoms with van der Waals surface area (Å²) in [7, 11) is 2.70. The van der Waals surface area contributed by atoms with Gasteiger partial charge >= 0.3 is 0 Å². The topological polar surface area (TPSA) is 154 Å². The molecule has 0 radical (unpaired) electrons. The molecule has 2 aromatic rings. The van der Waals surface area contributed by atoms with Crippen molar-refractivity contribution in [2.45, 2.75) is 6.42 Å². The van der Waals surface area contributed by atoms with Gasteiger partial charge in [-0.25, -0.2) is 0 Å². The number of nitro benzene ring substituents is 2. The van der Waals surface area contributed by atoms with Gasteiger partial charge in [0.1, 0.15) is 17.2 Å². The quantitative estimate of drug-likeness (QED) is 0.519. The van der Waals surface area contributed by atoms with Crippen LogP contribution in [-0.2, 0) is 9.59 Å². The van der Waals surface area contributed by atoms with Gasteiger partial charge in [0, 0.05) is 31.2 Å². The highest BCUT2D eigenvalue weighted by Crippen LogP contribution is 2.36. The van der Waals surface area contributed by atoms with Crippen LogP contribution in [0.25, 0.3) is 0 Å². The molecular weight excluding hydrogens is 412 g/mol. The Morgan fingerprint density at radius 2 is 1.84 bits per heavy atom. The van der Waals surface area contributed by atoms with Gasteiger partial charge in [0.15, 0.2) is 0 Å². The number of nitrogens with one attached hydrogen (secondary N) is 1. The first-order chi connectivity index (χ1) is 14.7. The maximum atomic E-state index is 12.7. The molecule has 3 rings (SSSR count). The zero-order chi connectivity index (χ0) is 22.7. The third-order valence-corrected chi connectivity index (χ3v) is 4.82. The molecule has 1 aliphatic rings. The van der Waals surface area contributed by atoms with E-state index >= 15 is 0 Å². The molecule has 0 unspecified atom stereocenters. The molecule has 1 atom stereocenters. The molecule has 0 saturated carbocycles. The summed E-state index contributed by atoms with van der Waals surface area (Å²) in [6.45, 7) is -0.0173. The van der Waals surface area contributed by atoms with Crippen LogP contribution < -0.4 is 19.7 Å². The van der Waals surface area contributed by atoms with Crippen molar-refractivity contribution < 1.29 is 28.9 Å².